The molecule has 2 aromatic carbocycles. The van der Waals surface area contributed by atoms with E-state index in [1.165, 1.54) is 6.08 Å². The van der Waals surface area contributed by atoms with Crippen molar-refractivity contribution in [2.75, 3.05) is 62.6 Å². The molecule has 4 rings (SSSR count). The summed E-state index contributed by atoms with van der Waals surface area (Å²) in [6.07, 6.45) is 3.19. The lowest BCUT2D eigenvalue weighted by molar-refractivity contribution is -0.111. The summed E-state index contributed by atoms with van der Waals surface area (Å²) in [5.74, 6) is 0.971. The van der Waals surface area contributed by atoms with Crippen LogP contribution in [0.3, 0.4) is 0 Å². The highest BCUT2D eigenvalue weighted by molar-refractivity contribution is 6.02. The van der Waals surface area contributed by atoms with Gasteiger partial charge in [0.05, 0.1) is 24.2 Å². The fraction of sp³-hybridized carbons (Fsp3) is 0.259. The van der Waals surface area contributed by atoms with Crippen LogP contribution in [-0.4, -0.2) is 71.7 Å². The number of rotatable bonds is 10. The molecule has 38 heavy (non-hydrogen) atoms. The maximum atomic E-state index is 12.2. The van der Waals surface area contributed by atoms with E-state index in [0.717, 1.165) is 35.2 Å². The number of likely N-dealkylation sites (N-methyl/N-ethyl adjacent to an activating group) is 2. The lowest BCUT2D eigenvalue weighted by Crippen LogP contribution is -2.29. The molecule has 11 nitrogen and oxygen atoms in total. The number of aromatic nitrogens is 4. The van der Waals surface area contributed by atoms with E-state index in [0.29, 0.717) is 22.9 Å². The van der Waals surface area contributed by atoms with Crippen molar-refractivity contribution in [1.82, 2.24) is 24.4 Å². The highest BCUT2D eigenvalue weighted by Crippen LogP contribution is 2.38. The van der Waals surface area contributed by atoms with E-state index in [2.05, 4.69) is 37.1 Å². The van der Waals surface area contributed by atoms with Crippen molar-refractivity contribution in [3.8, 4) is 17.1 Å². The average molecular weight is 516 g/mol. The summed E-state index contributed by atoms with van der Waals surface area (Å²) in [6.45, 7) is 5.13. The van der Waals surface area contributed by atoms with Crippen LogP contribution < -0.4 is 26.0 Å². The number of hydrogen-bond donors (Lipinski definition) is 3. The van der Waals surface area contributed by atoms with Gasteiger partial charge >= 0.3 is 0 Å². The summed E-state index contributed by atoms with van der Waals surface area (Å²) in [5, 5.41) is 7.09. The molecule has 11 heteroatoms. The third-order valence-corrected chi connectivity index (χ3v) is 6.09. The maximum absolute atomic E-state index is 12.2. The minimum atomic E-state index is -0.328. The van der Waals surface area contributed by atoms with Crippen LogP contribution >= 0.6 is 0 Å². The zero-order valence-corrected chi connectivity index (χ0v) is 22.3. The Bertz CT molecular complexity index is 1480. The standard InChI is InChI=1S/C27H33N9O2/c1-7-24(37)29-19-14-20(23(38-6)15-22(19)35(4)13-12-34(2)3)30-27-32-25(31-26(28)33-27)18-16-36(5)21-11-9-8-10-17(18)21/h7-11,14-16H,1,12-13H2,2-6H3,(H,29,37)(H3,28,30,31,32,33). The third-order valence-electron chi connectivity index (χ3n) is 6.09. The van der Waals surface area contributed by atoms with Gasteiger partial charge in [0, 0.05) is 55.9 Å². The molecule has 4 aromatic rings. The number of para-hydroxylation sites is 1. The molecular formula is C27H33N9O2. The predicted octanol–water partition coefficient (Wildman–Crippen LogP) is 3.49. The van der Waals surface area contributed by atoms with Crippen LogP contribution in [0, 0.1) is 0 Å². The lowest BCUT2D eigenvalue weighted by atomic mass is 10.1. The van der Waals surface area contributed by atoms with Gasteiger partial charge in [-0.05, 0) is 32.3 Å². The van der Waals surface area contributed by atoms with Gasteiger partial charge in [-0.1, -0.05) is 24.8 Å². The van der Waals surface area contributed by atoms with Crippen molar-refractivity contribution >= 4 is 45.8 Å². The topological polar surface area (TPSA) is 126 Å². The Morgan fingerprint density at radius 3 is 2.61 bits per heavy atom. The molecule has 0 radical (unpaired) electrons. The maximum Gasteiger partial charge on any atom is 0.247 e. The molecule has 4 N–H and O–H groups in total. The average Bonchev–Trinajstić information content (AvgIpc) is 3.23. The van der Waals surface area contributed by atoms with Gasteiger partial charge < -0.3 is 35.5 Å². The molecule has 0 aliphatic carbocycles. The molecule has 2 aromatic heterocycles. The molecule has 0 spiro atoms. The van der Waals surface area contributed by atoms with E-state index >= 15 is 0 Å². The minimum Gasteiger partial charge on any atom is -0.494 e. The number of nitrogens with one attached hydrogen (secondary N) is 2. The summed E-state index contributed by atoms with van der Waals surface area (Å²) in [6, 6.07) is 11.6. The van der Waals surface area contributed by atoms with Gasteiger partial charge in [0.15, 0.2) is 5.82 Å². The fourth-order valence-corrected chi connectivity index (χ4v) is 4.11. The Balaban J connectivity index is 1.74. The van der Waals surface area contributed by atoms with Crippen LogP contribution in [0.25, 0.3) is 22.3 Å². The smallest absolute Gasteiger partial charge is 0.247 e. The summed E-state index contributed by atoms with van der Waals surface area (Å²) in [5.41, 5.74) is 9.89. The van der Waals surface area contributed by atoms with Crippen LogP contribution in [-0.2, 0) is 11.8 Å². The number of hydrogen-bond acceptors (Lipinski definition) is 9. The highest BCUT2D eigenvalue weighted by atomic mass is 16.5. The van der Waals surface area contributed by atoms with Gasteiger partial charge in [0.1, 0.15) is 5.75 Å². The quantitative estimate of drug-likeness (QED) is 0.272. The number of carbonyl (C=O) groups excluding carboxylic acids is 1. The molecule has 0 bridgehead atoms. The van der Waals surface area contributed by atoms with E-state index in [4.69, 9.17) is 10.5 Å². The minimum absolute atomic E-state index is 0.0737. The fourth-order valence-electron chi connectivity index (χ4n) is 4.11. The van der Waals surface area contributed by atoms with Crippen molar-refractivity contribution in [2.24, 2.45) is 7.05 Å². The van der Waals surface area contributed by atoms with E-state index in [1.54, 1.807) is 13.2 Å². The number of anilines is 5. The first-order valence-corrected chi connectivity index (χ1v) is 12.0. The van der Waals surface area contributed by atoms with Crippen LogP contribution in [0.2, 0.25) is 0 Å². The summed E-state index contributed by atoms with van der Waals surface area (Å²) in [4.78, 5) is 29.7. The predicted molar refractivity (Wildman–Crippen MR) is 153 cm³/mol. The van der Waals surface area contributed by atoms with Crippen molar-refractivity contribution in [1.29, 1.82) is 0 Å². The molecule has 0 unspecified atom stereocenters. The van der Waals surface area contributed by atoms with Crippen molar-refractivity contribution in [2.45, 2.75) is 0 Å². The van der Waals surface area contributed by atoms with E-state index in [1.807, 2.05) is 74.2 Å². The Kier molecular flexibility index (Phi) is 7.77. The van der Waals surface area contributed by atoms with Gasteiger partial charge in [-0.15, -0.1) is 0 Å². The largest absolute Gasteiger partial charge is 0.494 e. The number of ether oxygens (including phenoxy) is 1. The molecule has 0 atom stereocenters. The number of benzene rings is 2. The number of nitrogens with zero attached hydrogens (tertiary/aromatic N) is 6. The summed E-state index contributed by atoms with van der Waals surface area (Å²) in [7, 11) is 9.52. The molecule has 1 amide bonds. The van der Waals surface area contributed by atoms with Crippen molar-refractivity contribution < 1.29 is 9.53 Å². The second-order valence-electron chi connectivity index (χ2n) is 9.12. The van der Waals surface area contributed by atoms with Crippen molar-refractivity contribution in [3.05, 3.63) is 55.3 Å². The number of aryl methyl sites for hydroxylation is 1. The molecule has 0 fully saturated rings. The van der Waals surface area contributed by atoms with Gasteiger partial charge in [-0.2, -0.15) is 15.0 Å². The molecular weight excluding hydrogens is 482 g/mol. The number of nitrogens with two attached hydrogens (primary N) is 1. The zero-order valence-electron chi connectivity index (χ0n) is 22.3. The van der Waals surface area contributed by atoms with Crippen LogP contribution in [0.4, 0.5) is 29.0 Å². The van der Waals surface area contributed by atoms with Gasteiger partial charge in [-0.25, -0.2) is 0 Å². The van der Waals surface area contributed by atoms with Crippen LogP contribution in [0.1, 0.15) is 0 Å². The second kappa shape index (κ2) is 11.2. The Morgan fingerprint density at radius 1 is 1.13 bits per heavy atom. The number of amides is 1. The highest BCUT2D eigenvalue weighted by Gasteiger charge is 2.18. The molecule has 0 aliphatic rings. The Labute approximate surface area is 221 Å². The molecule has 0 aliphatic heterocycles. The Hall–Kier alpha value is -4.64. The third kappa shape index (κ3) is 5.68. The monoisotopic (exact) mass is 515 g/mol. The molecule has 0 saturated carbocycles. The molecule has 0 saturated heterocycles. The van der Waals surface area contributed by atoms with E-state index in [9.17, 15) is 4.79 Å². The summed E-state index contributed by atoms with van der Waals surface area (Å²) < 4.78 is 7.70. The number of methoxy groups -OCH3 is 1. The first-order chi connectivity index (χ1) is 18.2. The zero-order chi connectivity index (χ0) is 27.4. The Morgan fingerprint density at radius 2 is 1.89 bits per heavy atom. The van der Waals surface area contributed by atoms with E-state index in [-0.39, 0.29) is 17.8 Å². The first-order valence-electron chi connectivity index (χ1n) is 12.0. The normalized spacial score (nSPS) is 11.0. The van der Waals surface area contributed by atoms with Gasteiger partial charge in [0.2, 0.25) is 17.8 Å². The van der Waals surface area contributed by atoms with Crippen molar-refractivity contribution in [3.63, 3.8) is 0 Å². The summed E-state index contributed by atoms with van der Waals surface area (Å²) >= 11 is 0. The molecule has 2 heterocycles. The van der Waals surface area contributed by atoms with Gasteiger partial charge in [-0.3, -0.25) is 4.79 Å². The number of carbonyl (C=O) groups is 1. The SMILES string of the molecule is C=CC(=O)Nc1cc(Nc2nc(N)nc(-c3cn(C)c4ccccc34)n2)c(OC)cc1N(C)CCN(C)C. The van der Waals surface area contributed by atoms with Gasteiger partial charge in [0.25, 0.3) is 0 Å². The second-order valence-corrected chi connectivity index (χ2v) is 9.12. The van der Waals surface area contributed by atoms with Crippen LogP contribution in [0.5, 0.6) is 5.75 Å². The lowest BCUT2D eigenvalue weighted by Gasteiger charge is -2.26. The molecule has 198 valence electrons. The first kappa shape index (κ1) is 26.4. The van der Waals surface area contributed by atoms with E-state index < -0.39 is 0 Å². The number of fused-ring (bicyclic) bond motifs is 1. The van der Waals surface area contributed by atoms with Crippen LogP contribution in [0.15, 0.2) is 55.3 Å². The number of nitrogen functional groups attached to an aromatic ring is 1.